The van der Waals surface area contributed by atoms with Crippen molar-refractivity contribution in [2.75, 3.05) is 9.91 Å². The molecule has 0 unspecified atom stereocenters. The number of rotatable bonds is 2. The zero-order valence-electron chi connectivity index (χ0n) is 14.6. The second-order valence-electron chi connectivity index (χ2n) is 6.73. The maximum absolute atomic E-state index is 13.0. The van der Waals surface area contributed by atoms with Crippen LogP contribution in [0.4, 0.5) is 11.4 Å². The van der Waals surface area contributed by atoms with Crippen LogP contribution in [0.15, 0.2) is 46.7 Å². The SMILES string of the molecule is Cc1cc(C)cc(N2N=N[C@H]3C(=O)N(c4ccc(C)c(Cl)c4)C(=O)[C@H]32)c1. The van der Waals surface area contributed by atoms with Gasteiger partial charge in [-0.25, -0.2) is 9.91 Å². The Morgan fingerprint density at radius 1 is 0.923 bits per heavy atom. The molecule has 0 saturated carbocycles. The minimum atomic E-state index is -0.830. The molecule has 0 spiro atoms. The van der Waals surface area contributed by atoms with Crippen LogP contribution in [0.1, 0.15) is 16.7 Å². The van der Waals surface area contributed by atoms with E-state index in [1.165, 1.54) is 0 Å². The van der Waals surface area contributed by atoms with Gasteiger partial charge in [-0.1, -0.05) is 29.0 Å². The van der Waals surface area contributed by atoms with Gasteiger partial charge in [0, 0.05) is 5.02 Å². The monoisotopic (exact) mass is 368 g/mol. The predicted octanol–water partition coefficient (Wildman–Crippen LogP) is 3.76. The van der Waals surface area contributed by atoms with Crippen molar-refractivity contribution >= 4 is 34.8 Å². The number of carbonyl (C=O) groups is 2. The fraction of sp³-hybridized carbons (Fsp3) is 0.263. The van der Waals surface area contributed by atoms with E-state index >= 15 is 0 Å². The predicted molar refractivity (Wildman–Crippen MR) is 99.5 cm³/mol. The van der Waals surface area contributed by atoms with Crippen molar-refractivity contribution in [3.05, 3.63) is 58.1 Å². The second kappa shape index (κ2) is 5.92. The lowest BCUT2D eigenvalue weighted by molar-refractivity contribution is -0.121. The average Bonchev–Trinajstić information content (AvgIpc) is 3.11. The Morgan fingerprint density at radius 2 is 1.62 bits per heavy atom. The Balaban J connectivity index is 1.72. The van der Waals surface area contributed by atoms with Crippen LogP contribution < -0.4 is 9.91 Å². The van der Waals surface area contributed by atoms with Gasteiger partial charge < -0.3 is 0 Å². The number of halogens is 1. The minimum Gasteiger partial charge on any atom is -0.271 e. The van der Waals surface area contributed by atoms with Gasteiger partial charge in [-0.2, -0.15) is 5.11 Å². The smallest absolute Gasteiger partial charge is 0.263 e. The molecular weight excluding hydrogens is 352 g/mol. The third-order valence-electron chi connectivity index (χ3n) is 4.67. The number of hydrogen-bond donors (Lipinski definition) is 0. The Morgan fingerprint density at radius 3 is 2.27 bits per heavy atom. The number of hydrogen-bond acceptors (Lipinski definition) is 5. The summed E-state index contributed by atoms with van der Waals surface area (Å²) in [5, 5.41) is 10.2. The van der Waals surface area contributed by atoms with Crippen molar-refractivity contribution in [2.45, 2.75) is 32.9 Å². The molecule has 0 radical (unpaired) electrons. The molecule has 0 aromatic heterocycles. The van der Waals surface area contributed by atoms with Gasteiger partial charge in [0.15, 0.2) is 12.1 Å². The maximum Gasteiger partial charge on any atom is 0.263 e. The summed E-state index contributed by atoms with van der Waals surface area (Å²) in [6.45, 7) is 5.82. The summed E-state index contributed by atoms with van der Waals surface area (Å²) < 4.78 is 0. The number of carbonyl (C=O) groups excluding carboxylic acids is 2. The van der Waals surface area contributed by atoms with Crippen molar-refractivity contribution in [2.24, 2.45) is 10.3 Å². The lowest BCUT2D eigenvalue weighted by Gasteiger charge is -2.21. The quantitative estimate of drug-likeness (QED) is 0.758. The van der Waals surface area contributed by atoms with Crippen LogP contribution >= 0.6 is 11.6 Å². The molecule has 2 amide bonds. The van der Waals surface area contributed by atoms with Gasteiger partial charge in [-0.05, 0) is 61.7 Å². The fourth-order valence-electron chi connectivity index (χ4n) is 3.43. The Labute approximate surface area is 156 Å². The van der Waals surface area contributed by atoms with E-state index in [-0.39, 0.29) is 11.8 Å². The van der Waals surface area contributed by atoms with Crippen molar-refractivity contribution in [1.29, 1.82) is 0 Å². The summed E-state index contributed by atoms with van der Waals surface area (Å²) in [5.74, 6) is -0.723. The van der Waals surface area contributed by atoms with E-state index in [4.69, 9.17) is 11.6 Å². The molecule has 6 nitrogen and oxygen atoms in total. The normalized spacial score (nSPS) is 21.7. The zero-order chi connectivity index (χ0) is 18.6. The Kier molecular flexibility index (Phi) is 3.80. The van der Waals surface area contributed by atoms with Crippen molar-refractivity contribution in [3.8, 4) is 0 Å². The summed E-state index contributed by atoms with van der Waals surface area (Å²) in [6.07, 6.45) is 0. The highest BCUT2D eigenvalue weighted by Gasteiger charge is 2.55. The van der Waals surface area contributed by atoms with E-state index in [0.717, 1.165) is 27.3 Å². The molecule has 0 bridgehead atoms. The minimum absolute atomic E-state index is 0.343. The molecule has 7 heteroatoms. The highest BCUT2D eigenvalue weighted by Crippen LogP contribution is 2.36. The molecule has 1 saturated heterocycles. The molecule has 4 rings (SSSR count). The Bertz CT molecular complexity index is 952. The van der Waals surface area contributed by atoms with Crippen molar-refractivity contribution in [1.82, 2.24) is 0 Å². The third-order valence-corrected chi connectivity index (χ3v) is 5.07. The lowest BCUT2D eigenvalue weighted by atomic mass is 10.1. The zero-order valence-corrected chi connectivity index (χ0v) is 15.4. The maximum atomic E-state index is 13.0. The van der Waals surface area contributed by atoms with E-state index in [1.807, 2.05) is 39.0 Å². The first-order chi connectivity index (χ1) is 12.4. The molecule has 2 aromatic carbocycles. The third kappa shape index (κ3) is 2.49. The summed E-state index contributed by atoms with van der Waals surface area (Å²) in [7, 11) is 0. The van der Waals surface area contributed by atoms with Crippen LogP contribution in [0.25, 0.3) is 0 Å². The molecule has 2 aliphatic rings. The van der Waals surface area contributed by atoms with Crippen molar-refractivity contribution < 1.29 is 9.59 Å². The van der Waals surface area contributed by atoms with Crippen LogP contribution in [-0.2, 0) is 9.59 Å². The number of nitrogens with zero attached hydrogens (tertiary/aromatic N) is 4. The van der Waals surface area contributed by atoms with Crippen LogP contribution in [0.2, 0.25) is 5.02 Å². The highest BCUT2D eigenvalue weighted by molar-refractivity contribution is 6.32. The molecule has 2 heterocycles. The van der Waals surface area contributed by atoms with E-state index < -0.39 is 12.1 Å². The van der Waals surface area contributed by atoms with Crippen LogP contribution in [0.3, 0.4) is 0 Å². The van der Waals surface area contributed by atoms with Crippen LogP contribution in [0.5, 0.6) is 0 Å². The van der Waals surface area contributed by atoms with Crippen molar-refractivity contribution in [3.63, 3.8) is 0 Å². The number of benzene rings is 2. The molecule has 0 N–H and O–H groups in total. The molecule has 2 aromatic rings. The molecule has 132 valence electrons. The van der Waals surface area contributed by atoms with Crippen LogP contribution in [-0.4, -0.2) is 23.9 Å². The first-order valence-electron chi connectivity index (χ1n) is 8.29. The van der Waals surface area contributed by atoms with E-state index in [2.05, 4.69) is 10.3 Å². The van der Waals surface area contributed by atoms with Gasteiger partial charge >= 0.3 is 0 Å². The number of anilines is 2. The topological polar surface area (TPSA) is 65.3 Å². The summed E-state index contributed by atoms with van der Waals surface area (Å²) >= 11 is 6.17. The first-order valence-corrected chi connectivity index (χ1v) is 8.67. The molecule has 26 heavy (non-hydrogen) atoms. The highest BCUT2D eigenvalue weighted by atomic mass is 35.5. The molecule has 1 fully saturated rings. The van der Waals surface area contributed by atoms with E-state index in [0.29, 0.717) is 10.7 Å². The fourth-order valence-corrected chi connectivity index (χ4v) is 3.61. The van der Waals surface area contributed by atoms with Gasteiger partial charge in [0.25, 0.3) is 11.8 Å². The first kappa shape index (κ1) is 16.7. The molecule has 2 aliphatic heterocycles. The van der Waals surface area contributed by atoms with Gasteiger partial charge in [0.1, 0.15) is 0 Å². The Hall–Kier alpha value is -2.73. The van der Waals surface area contributed by atoms with Gasteiger partial charge in [0.05, 0.1) is 11.4 Å². The number of aryl methyl sites for hydroxylation is 3. The average molecular weight is 369 g/mol. The summed E-state index contributed by atoms with van der Waals surface area (Å²) in [6, 6.07) is 9.44. The summed E-state index contributed by atoms with van der Waals surface area (Å²) in [5.41, 5.74) is 4.20. The van der Waals surface area contributed by atoms with Gasteiger partial charge in [-0.3, -0.25) is 9.59 Å². The molecule has 0 aliphatic carbocycles. The standard InChI is InChI=1S/C19H17ClN4O2/c1-10-6-11(2)8-14(7-10)24-17-16(21-22-24)18(25)23(19(17)26)13-5-4-12(3)15(20)9-13/h4-9,16-17H,1-3H3/t16-,17+/m1/s1. The van der Waals surface area contributed by atoms with Gasteiger partial charge in [-0.15, -0.1) is 0 Å². The number of imide groups is 1. The lowest BCUT2D eigenvalue weighted by Crippen LogP contribution is -2.40. The molecule has 2 atom stereocenters. The van der Waals surface area contributed by atoms with Crippen LogP contribution in [0, 0.1) is 20.8 Å². The second-order valence-corrected chi connectivity index (χ2v) is 7.14. The number of fused-ring (bicyclic) bond motifs is 1. The van der Waals surface area contributed by atoms with Gasteiger partial charge in [0.2, 0.25) is 0 Å². The van der Waals surface area contributed by atoms with E-state index in [9.17, 15) is 9.59 Å². The largest absolute Gasteiger partial charge is 0.271 e. The summed E-state index contributed by atoms with van der Waals surface area (Å²) in [4.78, 5) is 27.0. The molecular formula is C19H17ClN4O2. The number of amides is 2. The van der Waals surface area contributed by atoms with E-state index in [1.54, 1.807) is 23.2 Å².